The number of anilines is 1. The van der Waals surface area contributed by atoms with Crippen LogP contribution in [-0.2, 0) is 10.0 Å². The van der Waals surface area contributed by atoms with Crippen LogP contribution in [0.5, 0.6) is 0 Å². The number of likely N-dealkylation sites (tertiary alicyclic amines) is 1. The fraction of sp³-hybridized carbons (Fsp3) is 0.435. The maximum absolute atomic E-state index is 13.2. The van der Waals surface area contributed by atoms with Crippen LogP contribution in [0.1, 0.15) is 41.6 Å². The van der Waals surface area contributed by atoms with Crippen molar-refractivity contribution in [3.8, 4) is 0 Å². The first kappa shape index (κ1) is 20.9. The van der Waals surface area contributed by atoms with Crippen LogP contribution in [-0.4, -0.2) is 55.8 Å². The number of piperidine rings is 1. The van der Waals surface area contributed by atoms with Crippen LogP contribution in [0.3, 0.4) is 0 Å². The number of aryl methyl sites for hydroxylation is 1. The van der Waals surface area contributed by atoms with Crippen molar-refractivity contribution in [2.45, 2.75) is 43.5 Å². The van der Waals surface area contributed by atoms with E-state index < -0.39 is 10.0 Å². The average molecular weight is 428 g/mol. The van der Waals surface area contributed by atoms with E-state index in [1.165, 1.54) is 0 Å². The number of rotatable bonds is 5. The summed E-state index contributed by atoms with van der Waals surface area (Å²) in [5.74, 6) is -0.109. The molecule has 0 saturated carbocycles. The van der Waals surface area contributed by atoms with E-state index >= 15 is 0 Å². The molecule has 2 aliphatic heterocycles. The Morgan fingerprint density at radius 1 is 1.00 bits per heavy atom. The second-order valence-corrected chi connectivity index (χ2v) is 10.1. The van der Waals surface area contributed by atoms with Crippen LogP contribution in [0.4, 0.5) is 5.69 Å². The third-order valence-electron chi connectivity index (χ3n) is 5.99. The number of carbonyl (C=O) groups excluding carboxylic acids is 1. The lowest BCUT2D eigenvalue weighted by atomic mass is 10.1. The zero-order valence-electron chi connectivity index (χ0n) is 17.4. The molecule has 0 aromatic heterocycles. The predicted molar refractivity (Wildman–Crippen MR) is 118 cm³/mol. The second kappa shape index (κ2) is 8.78. The fourth-order valence-corrected chi connectivity index (χ4v) is 6.04. The van der Waals surface area contributed by atoms with Crippen LogP contribution >= 0.6 is 0 Å². The van der Waals surface area contributed by atoms with Crippen LogP contribution in [0, 0.1) is 6.92 Å². The molecule has 2 aromatic carbocycles. The number of carbonyl (C=O) groups is 1. The highest BCUT2D eigenvalue weighted by molar-refractivity contribution is 7.89. The van der Waals surface area contributed by atoms with Crippen LogP contribution < -0.4 is 5.32 Å². The molecule has 4 rings (SSSR count). The monoisotopic (exact) mass is 427 g/mol. The maximum Gasteiger partial charge on any atom is 0.253 e. The maximum atomic E-state index is 13.2. The summed E-state index contributed by atoms with van der Waals surface area (Å²) in [6.07, 6.45) is 3.71. The van der Waals surface area contributed by atoms with Gasteiger partial charge in [-0.3, -0.25) is 4.79 Å². The number of hydrogen-bond donors (Lipinski definition) is 1. The Morgan fingerprint density at radius 2 is 1.73 bits per heavy atom. The van der Waals surface area contributed by atoms with Crippen molar-refractivity contribution in [2.24, 2.45) is 0 Å². The van der Waals surface area contributed by atoms with Gasteiger partial charge in [0.2, 0.25) is 10.0 Å². The van der Waals surface area contributed by atoms with Gasteiger partial charge in [0.15, 0.2) is 0 Å². The summed E-state index contributed by atoms with van der Waals surface area (Å²) in [4.78, 5) is 15.2. The Hall–Kier alpha value is -2.38. The van der Waals surface area contributed by atoms with Crippen LogP contribution in [0.2, 0.25) is 0 Å². The van der Waals surface area contributed by atoms with E-state index in [1.807, 2.05) is 35.2 Å². The molecule has 1 amide bonds. The van der Waals surface area contributed by atoms with E-state index in [0.717, 1.165) is 31.4 Å². The standard InChI is InChI=1S/C23H29N3O3S/c1-18-10-11-19(16-22(18)30(28,29)26-13-6-3-7-14-26)23(27)25-15-12-21(17-25)24-20-8-4-2-5-9-20/h2,4-5,8-11,16,21,24H,3,6-7,12-15,17H2,1H3. The van der Waals surface area contributed by atoms with Crippen molar-refractivity contribution < 1.29 is 13.2 Å². The summed E-state index contributed by atoms with van der Waals surface area (Å²) in [5.41, 5.74) is 2.17. The molecule has 7 heteroatoms. The third-order valence-corrected chi connectivity index (χ3v) is 8.03. The molecule has 2 saturated heterocycles. The molecule has 2 fully saturated rings. The van der Waals surface area contributed by atoms with Crippen LogP contribution in [0.25, 0.3) is 0 Å². The van der Waals surface area contributed by atoms with Gasteiger partial charge >= 0.3 is 0 Å². The number of nitrogens with zero attached hydrogens (tertiary/aromatic N) is 2. The molecule has 1 unspecified atom stereocenters. The highest BCUT2D eigenvalue weighted by Gasteiger charge is 2.30. The Balaban J connectivity index is 1.49. The SMILES string of the molecule is Cc1ccc(C(=O)N2CCC(Nc3ccccc3)C2)cc1S(=O)(=O)N1CCCCC1. The highest BCUT2D eigenvalue weighted by Crippen LogP contribution is 2.26. The molecule has 2 aliphatic rings. The quantitative estimate of drug-likeness (QED) is 0.793. The van der Waals surface area contributed by atoms with Crippen molar-refractivity contribution in [1.29, 1.82) is 0 Å². The zero-order valence-corrected chi connectivity index (χ0v) is 18.2. The molecule has 0 spiro atoms. The normalized spacial score (nSPS) is 20.3. The minimum absolute atomic E-state index is 0.109. The van der Waals surface area contributed by atoms with E-state index in [0.29, 0.717) is 37.3 Å². The lowest BCUT2D eigenvalue weighted by Crippen LogP contribution is -2.36. The molecule has 1 atom stereocenters. The number of para-hydroxylation sites is 1. The Kier molecular flexibility index (Phi) is 6.11. The molecule has 160 valence electrons. The zero-order chi connectivity index (χ0) is 21.1. The summed E-state index contributed by atoms with van der Waals surface area (Å²) < 4.78 is 27.9. The number of hydrogen-bond acceptors (Lipinski definition) is 4. The first-order valence-electron chi connectivity index (χ1n) is 10.7. The largest absolute Gasteiger partial charge is 0.380 e. The lowest BCUT2D eigenvalue weighted by molar-refractivity contribution is 0.0791. The molecule has 2 heterocycles. The first-order chi connectivity index (χ1) is 14.4. The van der Waals surface area contributed by atoms with E-state index in [2.05, 4.69) is 5.32 Å². The van der Waals surface area contributed by atoms with Gasteiger partial charge in [-0.1, -0.05) is 30.7 Å². The molecular formula is C23H29N3O3S. The van der Waals surface area contributed by atoms with Crippen molar-refractivity contribution in [1.82, 2.24) is 9.21 Å². The third kappa shape index (κ3) is 4.37. The molecule has 0 aliphatic carbocycles. The van der Waals surface area contributed by atoms with E-state index in [9.17, 15) is 13.2 Å². The van der Waals surface area contributed by atoms with Gasteiger partial charge in [0.1, 0.15) is 0 Å². The van der Waals surface area contributed by atoms with Crippen molar-refractivity contribution in [3.05, 3.63) is 59.7 Å². The van der Waals surface area contributed by atoms with Gasteiger partial charge < -0.3 is 10.2 Å². The van der Waals surface area contributed by atoms with Gasteiger partial charge in [-0.05, 0) is 56.0 Å². The topological polar surface area (TPSA) is 69.7 Å². The van der Waals surface area contributed by atoms with E-state index in [4.69, 9.17) is 0 Å². The van der Waals surface area contributed by atoms with E-state index in [1.54, 1.807) is 29.4 Å². The number of benzene rings is 2. The molecule has 0 radical (unpaired) electrons. The van der Waals surface area contributed by atoms with Crippen molar-refractivity contribution in [2.75, 3.05) is 31.5 Å². The van der Waals surface area contributed by atoms with Gasteiger partial charge in [-0.15, -0.1) is 0 Å². The predicted octanol–water partition coefficient (Wildman–Crippen LogP) is 3.50. The Morgan fingerprint density at radius 3 is 2.47 bits per heavy atom. The molecule has 30 heavy (non-hydrogen) atoms. The summed E-state index contributed by atoms with van der Waals surface area (Å²) in [6, 6.07) is 15.2. The summed E-state index contributed by atoms with van der Waals surface area (Å²) >= 11 is 0. The van der Waals surface area contributed by atoms with Gasteiger partial charge in [0.05, 0.1) is 4.90 Å². The average Bonchev–Trinajstić information content (AvgIpc) is 3.23. The number of sulfonamides is 1. The number of amides is 1. The van der Waals surface area contributed by atoms with Gasteiger partial charge in [0.25, 0.3) is 5.91 Å². The van der Waals surface area contributed by atoms with Gasteiger partial charge in [-0.2, -0.15) is 4.31 Å². The molecule has 6 nitrogen and oxygen atoms in total. The minimum Gasteiger partial charge on any atom is -0.380 e. The Bertz CT molecular complexity index is 1000. The van der Waals surface area contributed by atoms with Crippen LogP contribution in [0.15, 0.2) is 53.4 Å². The van der Waals surface area contributed by atoms with E-state index in [-0.39, 0.29) is 16.8 Å². The number of nitrogens with one attached hydrogen (secondary N) is 1. The Labute approximate surface area is 178 Å². The smallest absolute Gasteiger partial charge is 0.253 e. The molecule has 1 N–H and O–H groups in total. The minimum atomic E-state index is -3.57. The first-order valence-corrected chi connectivity index (χ1v) is 12.1. The summed E-state index contributed by atoms with van der Waals surface area (Å²) in [7, 11) is -3.57. The fourth-order valence-electron chi connectivity index (χ4n) is 4.27. The summed E-state index contributed by atoms with van der Waals surface area (Å²) in [6.45, 7) is 4.17. The molecular weight excluding hydrogens is 398 g/mol. The van der Waals surface area contributed by atoms with Crippen molar-refractivity contribution >= 4 is 21.6 Å². The summed E-state index contributed by atoms with van der Waals surface area (Å²) in [5, 5.41) is 3.47. The highest BCUT2D eigenvalue weighted by atomic mass is 32.2. The molecule has 0 bridgehead atoms. The van der Waals surface area contributed by atoms with Gasteiger partial charge in [0, 0.05) is 43.5 Å². The lowest BCUT2D eigenvalue weighted by Gasteiger charge is -2.27. The molecule has 2 aromatic rings. The van der Waals surface area contributed by atoms with Crippen molar-refractivity contribution in [3.63, 3.8) is 0 Å². The second-order valence-electron chi connectivity index (χ2n) is 8.19. The van der Waals surface area contributed by atoms with Gasteiger partial charge in [-0.25, -0.2) is 8.42 Å².